The van der Waals surface area contributed by atoms with Crippen LogP contribution < -0.4 is 35.3 Å². The zero-order valence-electron chi connectivity index (χ0n) is 12.7. The fourth-order valence-corrected chi connectivity index (χ4v) is 2.73. The molecule has 0 saturated heterocycles. The number of rotatable bonds is 0. The van der Waals surface area contributed by atoms with E-state index in [1.807, 2.05) is 48.5 Å². The summed E-state index contributed by atoms with van der Waals surface area (Å²) >= 11 is 0. The summed E-state index contributed by atoms with van der Waals surface area (Å²) in [5.74, 6) is 0. The van der Waals surface area contributed by atoms with Crippen molar-refractivity contribution < 1.29 is 51.0 Å². The van der Waals surface area contributed by atoms with Crippen molar-refractivity contribution in [3.63, 3.8) is 0 Å². The molecule has 0 atom stereocenters. The Bertz CT molecular complexity index is 927. The van der Waals surface area contributed by atoms with Crippen LogP contribution in [-0.4, -0.2) is 5.71 Å². The van der Waals surface area contributed by atoms with Crippen molar-refractivity contribution in [2.24, 2.45) is 4.99 Å². The minimum Gasteiger partial charge on any atom is -1.00 e. The van der Waals surface area contributed by atoms with E-state index in [4.69, 9.17) is 0 Å². The number of hydrogen-bond donors (Lipinski definition) is 0. The average molecular weight is 429 g/mol. The molecule has 0 saturated carbocycles. The number of nitrogens with zero attached hydrogens (tertiary/aromatic N) is 1. The summed E-state index contributed by atoms with van der Waals surface area (Å²) in [4.78, 5) is 4.62. The maximum Gasteiger partial charge on any atom is 4.00 e. The molecule has 4 heteroatoms. The smallest absolute Gasteiger partial charge is 1.00 e. The monoisotopic (exact) mass is 427 g/mol. The van der Waals surface area contributed by atoms with Crippen LogP contribution in [-0.2, 0) is 26.2 Å². The van der Waals surface area contributed by atoms with Crippen LogP contribution in [0.2, 0.25) is 0 Å². The minimum absolute atomic E-state index is 0. The molecule has 116 valence electrons. The van der Waals surface area contributed by atoms with Gasteiger partial charge < -0.3 is 29.8 Å². The maximum atomic E-state index is 4.62. The van der Waals surface area contributed by atoms with Crippen LogP contribution in [0.25, 0.3) is 11.6 Å². The van der Waals surface area contributed by atoms with Crippen molar-refractivity contribution in [2.75, 3.05) is 0 Å². The molecule has 1 aliphatic carbocycles. The molecule has 1 heterocycles. The first kappa shape index (κ1) is 20.7. The third-order valence-corrected chi connectivity index (χ3v) is 3.66. The maximum absolute atomic E-state index is 4.62. The topological polar surface area (TPSA) is 12.4 Å². The van der Waals surface area contributed by atoms with Gasteiger partial charge in [-0.25, -0.2) is 12.1 Å². The number of aliphatic imine (C=N–C) groups is 1. The molecule has 24 heavy (non-hydrogen) atoms. The molecule has 0 fully saturated rings. The van der Waals surface area contributed by atoms with Gasteiger partial charge in [-0.05, 0) is 17.0 Å². The Balaban J connectivity index is 0.000000317. The Kier molecular flexibility index (Phi) is 7.96. The predicted molar refractivity (Wildman–Crippen MR) is 87.1 cm³/mol. The molecule has 0 unspecified atom stereocenters. The second kappa shape index (κ2) is 9.23. The van der Waals surface area contributed by atoms with Crippen molar-refractivity contribution in [3.05, 3.63) is 94.9 Å². The van der Waals surface area contributed by atoms with Gasteiger partial charge in [-0.1, -0.05) is 35.1 Å². The van der Waals surface area contributed by atoms with Gasteiger partial charge in [0.05, 0.1) is 0 Å². The fourth-order valence-electron chi connectivity index (χ4n) is 2.73. The second-order valence-electron chi connectivity index (χ2n) is 5.00. The van der Waals surface area contributed by atoms with E-state index in [2.05, 4.69) is 41.4 Å². The van der Waals surface area contributed by atoms with E-state index in [0.717, 1.165) is 17.0 Å². The van der Waals surface area contributed by atoms with Crippen LogP contribution in [0.5, 0.6) is 0 Å². The van der Waals surface area contributed by atoms with E-state index in [0.29, 0.717) is 0 Å². The molecule has 5 rings (SSSR count). The molecule has 0 aromatic heterocycles. The molecule has 2 aliphatic rings. The van der Waals surface area contributed by atoms with Gasteiger partial charge in [0.25, 0.3) is 0 Å². The van der Waals surface area contributed by atoms with E-state index >= 15 is 0 Å². The van der Waals surface area contributed by atoms with E-state index in [1.165, 1.54) is 16.0 Å². The Labute approximate surface area is 173 Å². The van der Waals surface area contributed by atoms with Crippen molar-refractivity contribution in [1.29, 1.82) is 0 Å². The fraction of sp³-hybridized carbons (Fsp3) is 0. The normalized spacial score (nSPS) is 11.7. The quantitative estimate of drug-likeness (QED) is 0.338. The van der Waals surface area contributed by atoms with Crippen molar-refractivity contribution in [1.82, 2.24) is 0 Å². The predicted octanol–water partition coefficient (Wildman–Crippen LogP) is -3.02. The molecular weight excluding hydrogens is 416 g/mol. The van der Waals surface area contributed by atoms with Gasteiger partial charge in [0.2, 0.25) is 0 Å². The summed E-state index contributed by atoms with van der Waals surface area (Å²) in [5.41, 5.74) is 4.50. The molecule has 0 spiro atoms. The summed E-state index contributed by atoms with van der Waals surface area (Å²) in [6.45, 7) is 0. The summed E-state index contributed by atoms with van der Waals surface area (Å²) in [5, 5.41) is 2.54. The molecule has 1 aliphatic heterocycles. The Morgan fingerprint density at radius 3 is 2.33 bits per heavy atom. The van der Waals surface area contributed by atoms with E-state index in [9.17, 15) is 0 Å². The SMILES string of the molecule is [Cl-].[Cl-].[Zr+4].[c-]1cccc2c1C1=c3ccccc3=CC1=N2.c1cc[cH-]c1. The van der Waals surface area contributed by atoms with Crippen molar-refractivity contribution in [2.45, 2.75) is 0 Å². The molecule has 0 radical (unpaired) electrons. The molecule has 1 nitrogen and oxygen atoms in total. The Morgan fingerprint density at radius 2 is 1.62 bits per heavy atom. The van der Waals surface area contributed by atoms with Gasteiger partial charge in [0.1, 0.15) is 0 Å². The summed E-state index contributed by atoms with van der Waals surface area (Å²) in [6.07, 6.45) is 2.15. The molecule has 0 amide bonds. The van der Waals surface area contributed by atoms with Gasteiger partial charge in [-0.3, -0.25) is 0 Å². The van der Waals surface area contributed by atoms with Crippen LogP contribution in [0.1, 0.15) is 5.56 Å². The third kappa shape index (κ3) is 3.83. The summed E-state index contributed by atoms with van der Waals surface area (Å²) in [6, 6.07) is 27.7. The first-order chi connectivity index (χ1) is 10.4. The standard InChI is InChI=1S/C15H8N.C5H5.2ClH.Zr/c1-2-6-11-10(5-1)9-14-15(11)12-7-3-4-8-13(12)16-14;1-2-4-5-3-1;;;/h1-6,8-9H;1-5H;2*1H;/q2*-1;;;+4/p-2. The van der Waals surface area contributed by atoms with Gasteiger partial charge in [-0.15, -0.1) is 29.8 Å². The first-order valence-corrected chi connectivity index (χ1v) is 7.01. The molecular formula is C20H13Cl2NZr. The second-order valence-corrected chi connectivity index (χ2v) is 5.00. The van der Waals surface area contributed by atoms with Crippen LogP contribution in [0.15, 0.2) is 77.8 Å². The number of halogens is 2. The van der Waals surface area contributed by atoms with Crippen molar-refractivity contribution >= 4 is 23.0 Å². The first-order valence-electron chi connectivity index (χ1n) is 7.01. The third-order valence-electron chi connectivity index (χ3n) is 3.66. The number of fused-ring (bicyclic) bond motifs is 4. The molecule has 0 N–H and O–H groups in total. The Hall–Kier alpha value is -1.34. The molecule has 3 aromatic rings. The number of hydrogen-bond acceptors (Lipinski definition) is 1. The van der Waals surface area contributed by atoms with Crippen LogP contribution in [0, 0.1) is 6.07 Å². The minimum atomic E-state index is 0. The van der Waals surface area contributed by atoms with Crippen LogP contribution in [0.3, 0.4) is 0 Å². The average Bonchev–Trinajstić information content (AvgIpc) is 3.24. The van der Waals surface area contributed by atoms with Gasteiger partial charge in [-0.2, -0.15) is 18.2 Å². The molecule has 3 aromatic carbocycles. The number of benzene rings is 2. The van der Waals surface area contributed by atoms with Gasteiger partial charge in [0, 0.05) is 5.71 Å². The summed E-state index contributed by atoms with van der Waals surface area (Å²) in [7, 11) is 0. The van der Waals surface area contributed by atoms with Gasteiger partial charge >= 0.3 is 26.2 Å². The van der Waals surface area contributed by atoms with Crippen LogP contribution >= 0.6 is 0 Å². The van der Waals surface area contributed by atoms with E-state index < -0.39 is 0 Å². The van der Waals surface area contributed by atoms with Crippen molar-refractivity contribution in [3.8, 4) is 0 Å². The zero-order valence-corrected chi connectivity index (χ0v) is 16.7. The zero-order chi connectivity index (χ0) is 14.1. The van der Waals surface area contributed by atoms with Gasteiger partial charge in [0.15, 0.2) is 0 Å². The van der Waals surface area contributed by atoms with E-state index in [1.54, 1.807) is 0 Å². The van der Waals surface area contributed by atoms with Crippen LogP contribution in [0.4, 0.5) is 5.69 Å². The Morgan fingerprint density at radius 1 is 0.875 bits per heavy atom. The van der Waals surface area contributed by atoms with E-state index in [-0.39, 0.29) is 51.0 Å². The largest absolute Gasteiger partial charge is 4.00 e. The summed E-state index contributed by atoms with van der Waals surface area (Å²) < 4.78 is 0. The molecule has 0 bridgehead atoms.